The normalized spacial score (nSPS) is 14.4. The quantitative estimate of drug-likeness (QED) is 0.508. The molecule has 0 spiro atoms. The van der Waals surface area contributed by atoms with E-state index in [1.54, 1.807) is 36.3 Å². The summed E-state index contributed by atoms with van der Waals surface area (Å²) in [6.07, 6.45) is -1.32. The molecule has 0 saturated carbocycles. The maximum absolute atomic E-state index is 12.9. The molecule has 2 aromatic carbocycles. The van der Waals surface area contributed by atoms with Gasteiger partial charge in [0.05, 0.1) is 25.7 Å². The molecule has 1 aromatic heterocycles. The van der Waals surface area contributed by atoms with Crippen molar-refractivity contribution in [3.8, 4) is 22.9 Å². The number of nitrogens with zero attached hydrogens (tertiary/aromatic N) is 3. The van der Waals surface area contributed by atoms with Gasteiger partial charge in [0.15, 0.2) is 11.5 Å². The molecule has 1 amide bonds. The van der Waals surface area contributed by atoms with E-state index in [2.05, 4.69) is 10.1 Å². The minimum Gasteiger partial charge on any atom is -0.493 e. The second kappa shape index (κ2) is 8.97. The first kappa shape index (κ1) is 22.4. The molecule has 3 aromatic rings. The van der Waals surface area contributed by atoms with Crippen molar-refractivity contribution in [1.29, 1.82) is 0 Å². The third-order valence-corrected chi connectivity index (χ3v) is 5.26. The van der Waals surface area contributed by atoms with Crippen LogP contribution in [0.25, 0.3) is 17.5 Å². The summed E-state index contributed by atoms with van der Waals surface area (Å²) in [5, 5.41) is 3.80. The standard InChI is InChI=1S/C23H20F3N3O4/c1-31-18-8-6-14(10-19(18)32-2)7-9-20(30)29-12-16(13-29)22-27-21(28-33-22)15-4-3-5-17(11-15)23(24,25)26/h3-11,16H,12-13H2,1-2H3/b9-7+. The zero-order chi connectivity index (χ0) is 23.6. The van der Waals surface area contributed by atoms with Gasteiger partial charge < -0.3 is 18.9 Å². The van der Waals surface area contributed by atoms with Crippen molar-refractivity contribution < 1.29 is 32.0 Å². The molecule has 0 aliphatic carbocycles. The van der Waals surface area contributed by atoms with Crippen molar-refractivity contribution in [3.05, 3.63) is 65.6 Å². The Balaban J connectivity index is 1.37. The van der Waals surface area contributed by atoms with Crippen molar-refractivity contribution in [2.45, 2.75) is 12.1 Å². The fourth-order valence-corrected chi connectivity index (χ4v) is 3.40. The maximum atomic E-state index is 12.9. The van der Waals surface area contributed by atoms with Gasteiger partial charge in [0.25, 0.3) is 0 Å². The van der Waals surface area contributed by atoms with Crippen LogP contribution in [0.15, 0.2) is 53.1 Å². The molecule has 0 radical (unpaired) electrons. The summed E-state index contributed by atoms with van der Waals surface area (Å²) in [6, 6.07) is 10.1. The Morgan fingerprint density at radius 3 is 2.58 bits per heavy atom. The summed E-state index contributed by atoms with van der Waals surface area (Å²) in [5.41, 5.74) is 0.207. The Morgan fingerprint density at radius 1 is 1.12 bits per heavy atom. The molecular formula is C23H20F3N3O4. The smallest absolute Gasteiger partial charge is 0.416 e. The third-order valence-electron chi connectivity index (χ3n) is 5.26. The van der Waals surface area contributed by atoms with Gasteiger partial charge in [-0.2, -0.15) is 18.2 Å². The Bertz CT molecular complexity index is 1180. The predicted molar refractivity (Wildman–Crippen MR) is 113 cm³/mol. The van der Waals surface area contributed by atoms with Gasteiger partial charge in [-0.15, -0.1) is 0 Å². The first-order valence-corrected chi connectivity index (χ1v) is 9.98. The minimum atomic E-state index is -4.46. The van der Waals surface area contributed by atoms with E-state index >= 15 is 0 Å². The van der Waals surface area contributed by atoms with E-state index in [1.165, 1.54) is 25.3 Å². The van der Waals surface area contributed by atoms with Crippen LogP contribution in [-0.2, 0) is 11.0 Å². The molecular weight excluding hydrogens is 439 g/mol. The molecule has 4 rings (SSSR count). The molecule has 1 fully saturated rings. The summed E-state index contributed by atoms with van der Waals surface area (Å²) < 4.78 is 54.4. The zero-order valence-electron chi connectivity index (χ0n) is 17.8. The summed E-state index contributed by atoms with van der Waals surface area (Å²) in [4.78, 5) is 18.3. The Morgan fingerprint density at radius 2 is 1.88 bits per heavy atom. The van der Waals surface area contributed by atoms with E-state index in [-0.39, 0.29) is 29.1 Å². The number of benzene rings is 2. The number of alkyl halides is 3. The molecule has 0 atom stereocenters. The number of ether oxygens (including phenoxy) is 2. The SMILES string of the molecule is COc1ccc(/C=C/C(=O)N2CC(c3nc(-c4cccc(C(F)(F)F)c4)no3)C2)cc1OC. The van der Waals surface area contributed by atoms with E-state index in [0.29, 0.717) is 24.6 Å². The number of rotatable bonds is 6. The summed E-state index contributed by atoms with van der Waals surface area (Å²) in [7, 11) is 3.08. The lowest BCUT2D eigenvalue weighted by molar-refractivity contribution is -0.137. The van der Waals surface area contributed by atoms with Crippen molar-refractivity contribution >= 4 is 12.0 Å². The molecule has 1 aliphatic rings. The molecule has 0 bridgehead atoms. The van der Waals surface area contributed by atoms with Crippen molar-refractivity contribution in [3.63, 3.8) is 0 Å². The number of hydrogen-bond acceptors (Lipinski definition) is 6. The molecule has 172 valence electrons. The van der Waals surface area contributed by atoms with Gasteiger partial charge in [-0.1, -0.05) is 23.4 Å². The maximum Gasteiger partial charge on any atom is 0.416 e. The van der Waals surface area contributed by atoms with Crippen LogP contribution in [0.3, 0.4) is 0 Å². The van der Waals surface area contributed by atoms with Crippen molar-refractivity contribution in [2.75, 3.05) is 27.3 Å². The third kappa shape index (κ3) is 4.84. The summed E-state index contributed by atoms with van der Waals surface area (Å²) in [6.45, 7) is 0.749. The highest BCUT2D eigenvalue weighted by Gasteiger charge is 2.35. The fraction of sp³-hybridized carbons (Fsp3) is 0.261. The predicted octanol–water partition coefficient (Wildman–Crippen LogP) is 4.41. The number of amides is 1. The van der Waals surface area contributed by atoms with E-state index in [4.69, 9.17) is 14.0 Å². The van der Waals surface area contributed by atoms with Gasteiger partial charge in [-0.05, 0) is 35.9 Å². The molecule has 2 heterocycles. The molecule has 0 N–H and O–H groups in total. The Labute approximate surface area is 187 Å². The molecule has 0 unspecified atom stereocenters. The van der Waals surface area contributed by atoms with Crippen LogP contribution in [0.1, 0.15) is 22.9 Å². The lowest BCUT2D eigenvalue weighted by Crippen LogP contribution is -2.47. The van der Waals surface area contributed by atoms with Gasteiger partial charge in [0, 0.05) is 24.7 Å². The molecule has 10 heteroatoms. The van der Waals surface area contributed by atoms with E-state index in [0.717, 1.165) is 17.7 Å². The largest absolute Gasteiger partial charge is 0.493 e. The first-order valence-electron chi connectivity index (χ1n) is 9.98. The lowest BCUT2D eigenvalue weighted by atomic mass is 10.00. The molecule has 1 aliphatic heterocycles. The fourth-order valence-electron chi connectivity index (χ4n) is 3.40. The average Bonchev–Trinajstić information content (AvgIpc) is 3.25. The number of carbonyl (C=O) groups excluding carboxylic acids is 1. The number of methoxy groups -OCH3 is 2. The number of aromatic nitrogens is 2. The second-order valence-electron chi connectivity index (χ2n) is 7.42. The van der Waals surface area contributed by atoms with Crippen LogP contribution >= 0.6 is 0 Å². The highest BCUT2D eigenvalue weighted by molar-refractivity contribution is 5.92. The van der Waals surface area contributed by atoms with E-state index in [9.17, 15) is 18.0 Å². The highest BCUT2D eigenvalue weighted by atomic mass is 19.4. The van der Waals surface area contributed by atoms with Crippen LogP contribution in [0.2, 0.25) is 0 Å². The van der Waals surface area contributed by atoms with Gasteiger partial charge in [-0.25, -0.2) is 0 Å². The molecule has 33 heavy (non-hydrogen) atoms. The van der Waals surface area contributed by atoms with Crippen LogP contribution in [-0.4, -0.2) is 48.3 Å². The summed E-state index contributed by atoms with van der Waals surface area (Å²) >= 11 is 0. The highest BCUT2D eigenvalue weighted by Crippen LogP contribution is 2.33. The number of hydrogen-bond donors (Lipinski definition) is 0. The lowest BCUT2D eigenvalue weighted by Gasteiger charge is -2.36. The number of carbonyl (C=O) groups is 1. The average molecular weight is 459 g/mol. The van der Waals surface area contributed by atoms with Crippen LogP contribution in [0, 0.1) is 0 Å². The molecule has 7 nitrogen and oxygen atoms in total. The van der Waals surface area contributed by atoms with Crippen LogP contribution < -0.4 is 9.47 Å². The van der Waals surface area contributed by atoms with Gasteiger partial charge >= 0.3 is 6.18 Å². The zero-order valence-corrected chi connectivity index (χ0v) is 17.8. The van der Waals surface area contributed by atoms with Gasteiger partial charge in [0.1, 0.15) is 0 Å². The number of likely N-dealkylation sites (tertiary alicyclic amines) is 1. The van der Waals surface area contributed by atoms with Crippen LogP contribution in [0.5, 0.6) is 11.5 Å². The minimum absolute atomic E-state index is 0.0780. The van der Waals surface area contributed by atoms with Gasteiger partial charge in [0.2, 0.25) is 17.6 Å². The van der Waals surface area contributed by atoms with Crippen LogP contribution in [0.4, 0.5) is 13.2 Å². The van der Waals surface area contributed by atoms with Gasteiger partial charge in [-0.3, -0.25) is 4.79 Å². The van der Waals surface area contributed by atoms with E-state index < -0.39 is 11.7 Å². The van der Waals surface area contributed by atoms with Crippen molar-refractivity contribution in [2.24, 2.45) is 0 Å². The molecule has 1 saturated heterocycles. The van der Waals surface area contributed by atoms with Crippen molar-refractivity contribution in [1.82, 2.24) is 15.0 Å². The monoisotopic (exact) mass is 459 g/mol. The number of halogens is 3. The topological polar surface area (TPSA) is 77.7 Å². The Hall–Kier alpha value is -3.82. The van der Waals surface area contributed by atoms with E-state index in [1.807, 2.05) is 0 Å². The summed E-state index contributed by atoms with van der Waals surface area (Å²) in [5.74, 6) is 1.17. The Kier molecular flexibility index (Phi) is 6.08. The second-order valence-corrected chi connectivity index (χ2v) is 7.42. The first-order chi connectivity index (χ1) is 15.8.